The fourth-order valence-corrected chi connectivity index (χ4v) is 2.64. The Labute approximate surface area is 132 Å². The van der Waals surface area contributed by atoms with Crippen LogP contribution in [0, 0.1) is 0 Å². The summed E-state index contributed by atoms with van der Waals surface area (Å²) in [7, 11) is 1.56. The minimum atomic E-state index is -0.237. The van der Waals surface area contributed by atoms with Crippen LogP contribution in [0.2, 0.25) is 0 Å². The first kappa shape index (κ1) is 16.9. The van der Waals surface area contributed by atoms with Crippen LogP contribution in [0.15, 0.2) is 24.3 Å². The summed E-state index contributed by atoms with van der Waals surface area (Å²) in [6.07, 6.45) is 5.36. The van der Waals surface area contributed by atoms with Crippen LogP contribution in [-0.4, -0.2) is 31.8 Å². The molecule has 1 amide bonds. The number of ether oxygens (including phenoxy) is 2. The molecule has 0 saturated heterocycles. The first-order valence-electron chi connectivity index (χ1n) is 7.94. The molecular formula is C17H26N2O3. The third-order valence-corrected chi connectivity index (χ3v) is 4.03. The van der Waals surface area contributed by atoms with Crippen LogP contribution >= 0.6 is 0 Å². The van der Waals surface area contributed by atoms with Crippen molar-refractivity contribution in [3.63, 3.8) is 0 Å². The highest BCUT2D eigenvalue weighted by molar-refractivity contribution is 5.91. The van der Waals surface area contributed by atoms with Crippen LogP contribution in [0.5, 0.6) is 0 Å². The van der Waals surface area contributed by atoms with E-state index in [1.54, 1.807) is 7.11 Å². The number of nitrogens with two attached hydrogens (primary N) is 1. The van der Waals surface area contributed by atoms with Crippen molar-refractivity contribution in [2.75, 3.05) is 19.0 Å². The smallest absolute Gasteiger partial charge is 0.227 e. The van der Waals surface area contributed by atoms with Crippen LogP contribution in [0.3, 0.4) is 0 Å². The predicted molar refractivity (Wildman–Crippen MR) is 86.6 cm³/mol. The van der Waals surface area contributed by atoms with Gasteiger partial charge in [0.2, 0.25) is 5.91 Å². The number of rotatable bonds is 8. The number of methoxy groups -OCH3 is 1. The van der Waals surface area contributed by atoms with Crippen LogP contribution in [0.4, 0.5) is 5.69 Å². The minimum absolute atomic E-state index is 0.0905. The van der Waals surface area contributed by atoms with Crippen molar-refractivity contribution >= 4 is 11.6 Å². The average Bonchev–Trinajstić information content (AvgIpc) is 3.05. The number of benzene rings is 1. The number of carbonyl (C=O) groups is 1. The van der Waals surface area contributed by atoms with Gasteiger partial charge in [-0.05, 0) is 30.5 Å². The highest BCUT2D eigenvalue weighted by atomic mass is 16.5. The molecule has 0 heterocycles. The number of nitrogens with one attached hydrogen (secondary N) is 1. The van der Waals surface area contributed by atoms with E-state index in [2.05, 4.69) is 5.32 Å². The van der Waals surface area contributed by atoms with Crippen molar-refractivity contribution in [2.45, 2.75) is 50.9 Å². The monoisotopic (exact) mass is 306 g/mol. The molecule has 1 saturated carbocycles. The largest absolute Gasteiger partial charge is 0.380 e. The van der Waals surface area contributed by atoms with Crippen molar-refractivity contribution in [3.05, 3.63) is 29.8 Å². The van der Waals surface area contributed by atoms with E-state index in [-0.39, 0.29) is 18.4 Å². The SMILES string of the molecule is COC(CN)CC(=O)Nc1ccc(COC2CCCC2)cc1. The van der Waals surface area contributed by atoms with Gasteiger partial charge in [-0.2, -0.15) is 0 Å². The Morgan fingerprint density at radius 3 is 2.59 bits per heavy atom. The lowest BCUT2D eigenvalue weighted by atomic mass is 10.2. The molecule has 0 bridgehead atoms. The van der Waals surface area contributed by atoms with E-state index in [0.717, 1.165) is 11.3 Å². The molecule has 0 aromatic heterocycles. The summed E-state index contributed by atoms with van der Waals surface area (Å²) in [6, 6.07) is 7.77. The molecule has 5 heteroatoms. The Morgan fingerprint density at radius 2 is 2.00 bits per heavy atom. The Balaban J connectivity index is 1.77. The molecule has 1 atom stereocenters. The lowest BCUT2D eigenvalue weighted by Gasteiger charge is -2.13. The van der Waals surface area contributed by atoms with Gasteiger partial charge >= 0.3 is 0 Å². The standard InChI is InChI=1S/C17H26N2O3/c1-21-16(11-18)10-17(20)19-14-8-6-13(7-9-14)12-22-15-4-2-3-5-15/h6-9,15-16H,2-5,10-12,18H2,1H3,(H,19,20). The van der Waals surface area contributed by atoms with Gasteiger partial charge in [0.1, 0.15) is 0 Å². The zero-order valence-corrected chi connectivity index (χ0v) is 13.2. The Morgan fingerprint density at radius 1 is 1.32 bits per heavy atom. The summed E-state index contributed by atoms with van der Waals surface area (Å²) in [5, 5.41) is 2.85. The van der Waals surface area contributed by atoms with Gasteiger partial charge in [-0.1, -0.05) is 25.0 Å². The van der Waals surface area contributed by atoms with E-state index in [1.807, 2.05) is 24.3 Å². The molecule has 1 fully saturated rings. The van der Waals surface area contributed by atoms with Crippen LogP contribution in [-0.2, 0) is 20.9 Å². The zero-order valence-electron chi connectivity index (χ0n) is 13.2. The van der Waals surface area contributed by atoms with Gasteiger partial charge in [-0.3, -0.25) is 4.79 Å². The molecule has 0 spiro atoms. The highest BCUT2D eigenvalue weighted by Gasteiger charge is 2.15. The summed E-state index contributed by atoms with van der Waals surface area (Å²) in [5.41, 5.74) is 7.42. The maximum absolute atomic E-state index is 11.9. The molecule has 1 aromatic rings. The van der Waals surface area contributed by atoms with Gasteiger partial charge in [-0.25, -0.2) is 0 Å². The van der Waals surface area contributed by atoms with Gasteiger partial charge in [-0.15, -0.1) is 0 Å². The maximum atomic E-state index is 11.9. The molecule has 1 unspecified atom stereocenters. The first-order chi connectivity index (χ1) is 10.7. The third kappa shape index (κ3) is 5.40. The van der Waals surface area contributed by atoms with Gasteiger partial charge in [0.25, 0.3) is 0 Å². The van der Waals surface area contributed by atoms with Crippen molar-refractivity contribution in [1.82, 2.24) is 0 Å². The zero-order chi connectivity index (χ0) is 15.8. The highest BCUT2D eigenvalue weighted by Crippen LogP contribution is 2.22. The number of hydrogen-bond acceptors (Lipinski definition) is 4. The molecule has 1 aliphatic carbocycles. The summed E-state index contributed by atoms with van der Waals surface area (Å²) in [5.74, 6) is -0.0905. The second-order valence-electron chi connectivity index (χ2n) is 5.76. The molecule has 5 nitrogen and oxygen atoms in total. The molecule has 122 valence electrons. The van der Waals surface area contributed by atoms with Crippen molar-refractivity contribution in [2.24, 2.45) is 5.73 Å². The number of hydrogen-bond donors (Lipinski definition) is 2. The number of carbonyl (C=O) groups excluding carboxylic acids is 1. The first-order valence-corrected chi connectivity index (χ1v) is 7.94. The Hall–Kier alpha value is -1.43. The molecule has 1 aromatic carbocycles. The fraction of sp³-hybridized carbons (Fsp3) is 0.588. The number of amides is 1. The predicted octanol–water partition coefficient (Wildman–Crippen LogP) is 2.45. The second-order valence-corrected chi connectivity index (χ2v) is 5.76. The van der Waals surface area contributed by atoms with Crippen molar-refractivity contribution in [1.29, 1.82) is 0 Å². The van der Waals surface area contributed by atoms with Gasteiger partial charge < -0.3 is 20.5 Å². The molecule has 0 radical (unpaired) electrons. The van der Waals surface area contributed by atoms with Gasteiger partial charge in [0.05, 0.1) is 25.2 Å². The molecule has 1 aliphatic rings. The van der Waals surface area contributed by atoms with E-state index in [0.29, 0.717) is 19.3 Å². The van der Waals surface area contributed by atoms with E-state index in [1.165, 1.54) is 25.7 Å². The minimum Gasteiger partial charge on any atom is -0.380 e. The molecule has 3 N–H and O–H groups in total. The van der Waals surface area contributed by atoms with E-state index in [4.69, 9.17) is 15.2 Å². The summed E-state index contributed by atoms with van der Waals surface area (Å²) in [4.78, 5) is 11.9. The van der Waals surface area contributed by atoms with Crippen molar-refractivity contribution < 1.29 is 14.3 Å². The van der Waals surface area contributed by atoms with E-state index >= 15 is 0 Å². The Bertz CT molecular complexity index is 451. The quantitative estimate of drug-likeness (QED) is 0.773. The van der Waals surface area contributed by atoms with Crippen LogP contribution in [0.25, 0.3) is 0 Å². The second kappa shape index (κ2) is 8.88. The molecular weight excluding hydrogens is 280 g/mol. The lowest BCUT2D eigenvalue weighted by Crippen LogP contribution is -2.28. The van der Waals surface area contributed by atoms with Gasteiger partial charge in [0.15, 0.2) is 0 Å². The Kier molecular flexibility index (Phi) is 6.83. The normalized spacial score (nSPS) is 16.6. The summed E-state index contributed by atoms with van der Waals surface area (Å²) in [6.45, 7) is 0.971. The maximum Gasteiger partial charge on any atom is 0.227 e. The third-order valence-electron chi connectivity index (χ3n) is 4.03. The average molecular weight is 306 g/mol. The van der Waals surface area contributed by atoms with E-state index in [9.17, 15) is 4.79 Å². The lowest BCUT2D eigenvalue weighted by molar-refractivity contribution is -0.118. The fourth-order valence-electron chi connectivity index (χ4n) is 2.64. The summed E-state index contributed by atoms with van der Waals surface area (Å²) >= 11 is 0. The molecule has 22 heavy (non-hydrogen) atoms. The molecule has 0 aliphatic heterocycles. The van der Waals surface area contributed by atoms with Crippen LogP contribution in [0.1, 0.15) is 37.7 Å². The van der Waals surface area contributed by atoms with Crippen LogP contribution < -0.4 is 11.1 Å². The molecule has 2 rings (SSSR count). The van der Waals surface area contributed by atoms with E-state index < -0.39 is 0 Å². The summed E-state index contributed by atoms with van der Waals surface area (Å²) < 4.78 is 11.0. The topological polar surface area (TPSA) is 73.6 Å². The van der Waals surface area contributed by atoms with Crippen molar-refractivity contribution in [3.8, 4) is 0 Å². The van der Waals surface area contributed by atoms with Gasteiger partial charge in [0, 0.05) is 19.3 Å². The number of anilines is 1.